The summed E-state index contributed by atoms with van der Waals surface area (Å²) in [5.74, 6) is 0.786. The van der Waals surface area contributed by atoms with Crippen LogP contribution in [0.3, 0.4) is 0 Å². The molecule has 1 saturated heterocycles. The predicted octanol–water partition coefficient (Wildman–Crippen LogP) is 2.96. The normalized spacial score (nSPS) is 14.7. The van der Waals surface area contributed by atoms with Crippen molar-refractivity contribution < 1.29 is 17.9 Å². The number of urea groups is 1. The van der Waals surface area contributed by atoms with Crippen LogP contribution in [0.5, 0.6) is 5.75 Å². The van der Waals surface area contributed by atoms with Gasteiger partial charge in [-0.2, -0.15) is 0 Å². The minimum absolute atomic E-state index is 0.0217. The first-order valence-electron chi connectivity index (χ1n) is 8.85. The highest BCUT2D eigenvalue weighted by Gasteiger charge is 2.30. The molecule has 27 heavy (non-hydrogen) atoms. The van der Waals surface area contributed by atoms with Gasteiger partial charge in [-0.05, 0) is 55.0 Å². The van der Waals surface area contributed by atoms with E-state index >= 15 is 0 Å². The van der Waals surface area contributed by atoms with Gasteiger partial charge in [0.1, 0.15) is 5.75 Å². The van der Waals surface area contributed by atoms with E-state index in [1.54, 1.807) is 21.9 Å². The smallest absolute Gasteiger partial charge is 0.329 e. The number of hydrogen-bond donors (Lipinski definition) is 1. The predicted molar refractivity (Wildman–Crippen MR) is 105 cm³/mol. The van der Waals surface area contributed by atoms with Crippen LogP contribution >= 0.6 is 0 Å². The molecule has 3 rings (SSSR count). The Labute approximate surface area is 159 Å². The molecule has 2 amide bonds. The average Bonchev–Trinajstić information content (AvgIpc) is 3.03. The molecule has 0 spiro atoms. The Morgan fingerprint density at radius 3 is 1.96 bits per heavy atom. The second-order valence-electron chi connectivity index (χ2n) is 6.32. The highest BCUT2D eigenvalue weighted by atomic mass is 32.2. The second kappa shape index (κ2) is 7.98. The Hall–Kier alpha value is -2.58. The fourth-order valence-electron chi connectivity index (χ4n) is 2.89. The Bertz CT molecular complexity index is 896. The minimum atomic E-state index is -3.75. The number of carbonyl (C=O) groups excluding carboxylic acids is 1. The molecule has 144 valence electrons. The number of carbonyl (C=O) groups is 1. The molecule has 2 N–H and O–H groups in total. The Morgan fingerprint density at radius 1 is 0.963 bits per heavy atom. The number of rotatable bonds is 7. The second-order valence-corrected chi connectivity index (χ2v) is 7.88. The summed E-state index contributed by atoms with van der Waals surface area (Å²) >= 11 is 0. The monoisotopic (exact) mass is 389 g/mol. The van der Waals surface area contributed by atoms with Gasteiger partial charge in [0.05, 0.1) is 11.5 Å². The zero-order valence-corrected chi connectivity index (χ0v) is 16.0. The maximum absolute atomic E-state index is 12.8. The molecular formula is C19H23N3O4S. The van der Waals surface area contributed by atoms with Gasteiger partial charge in [-0.25, -0.2) is 18.4 Å². The lowest BCUT2D eigenvalue weighted by atomic mass is 10.3. The fourth-order valence-corrected chi connectivity index (χ4v) is 3.40. The molecule has 0 aliphatic carbocycles. The van der Waals surface area contributed by atoms with Gasteiger partial charge >= 0.3 is 6.03 Å². The first kappa shape index (κ1) is 19.2. The van der Waals surface area contributed by atoms with Crippen LogP contribution < -0.4 is 19.7 Å². The Morgan fingerprint density at radius 2 is 1.48 bits per heavy atom. The maximum atomic E-state index is 12.8. The summed E-state index contributed by atoms with van der Waals surface area (Å²) in [5.41, 5.74) is 1.43. The highest BCUT2D eigenvalue weighted by molar-refractivity contribution is 7.89. The highest BCUT2D eigenvalue weighted by Crippen LogP contribution is 2.27. The van der Waals surface area contributed by atoms with E-state index in [1.807, 2.05) is 24.3 Å². The lowest BCUT2D eigenvalue weighted by Gasteiger charge is -2.19. The number of unbranched alkanes of at least 4 members (excludes halogenated alkanes) is 1. The number of amides is 2. The molecule has 1 aliphatic heterocycles. The van der Waals surface area contributed by atoms with Gasteiger partial charge in [0.25, 0.3) is 0 Å². The van der Waals surface area contributed by atoms with Crippen molar-refractivity contribution in [2.75, 3.05) is 29.5 Å². The summed E-state index contributed by atoms with van der Waals surface area (Å²) < 4.78 is 28.4. The molecule has 1 fully saturated rings. The molecule has 0 bridgehead atoms. The number of benzene rings is 2. The van der Waals surface area contributed by atoms with Crippen LogP contribution in [0.4, 0.5) is 16.2 Å². The third-order valence-electron chi connectivity index (χ3n) is 4.40. The zero-order chi connectivity index (χ0) is 19.4. The molecule has 2 aromatic rings. The van der Waals surface area contributed by atoms with Crippen molar-refractivity contribution in [3.63, 3.8) is 0 Å². The molecule has 1 heterocycles. The van der Waals surface area contributed by atoms with Gasteiger partial charge in [0.15, 0.2) is 0 Å². The number of ether oxygens (including phenoxy) is 1. The largest absolute Gasteiger partial charge is 0.494 e. The quantitative estimate of drug-likeness (QED) is 0.737. The van der Waals surface area contributed by atoms with Gasteiger partial charge in [-0.15, -0.1) is 0 Å². The molecular weight excluding hydrogens is 366 g/mol. The zero-order valence-electron chi connectivity index (χ0n) is 15.2. The van der Waals surface area contributed by atoms with Crippen LogP contribution in [-0.2, 0) is 10.0 Å². The number of hydrogen-bond acceptors (Lipinski definition) is 4. The van der Waals surface area contributed by atoms with Crippen molar-refractivity contribution in [1.29, 1.82) is 0 Å². The topological polar surface area (TPSA) is 92.9 Å². The molecule has 2 aromatic carbocycles. The van der Waals surface area contributed by atoms with Gasteiger partial charge < -0.3 is 4.74 Å². The Kier molecular flexibility index (Phi) is 5.67. The number of nitrogens with zero attached hydrogens (tertiary/aromatic N) is 2. The van der Waals surface area contributed by atoms with E-state index in [0.29, 0.717) is 25.4 Å². The van der Waals surface area contributed by atoms with E-state index in [-0.39, 0.29) is 10.9 Å². The number of nitrogens with two attached hydrogens (primary N) is 1. The van der Waals surface area contributed by atoms with Crippen LogP contribution in [-0.4, -0.2) is 34.1 Å². The molecule has 8 heteroatoms. The summed E-state index contributed by atoms with van der Waals surface area (Å²) in [7, 11) is -3.75. The van der Waals surface area contributed by atoms with Gasteiger partial charge in [0.2, 0.25) is 10.0 Å². The number of primary sulfonamides is 1. The van der Waals surface area contributed by atoms with Gasteiger partial charge in [0, 0.05) is 24.5 Å². The van der Waals surface area contributed by atoms with E-state index in [1.165, 1.54) is 12.1 Å². The lowest BCUT2D eigenvalue weighted by molar-refractivity contribution is 0.256. The van der Waals surface area contributed by atoms with Crippen molar-refractivity contribution >= 4 is 27.4 Å². The summed E-state index contributed by atoms with van der Waals surface area (Å²) in [5, 5.41) is 5.11. The first-order valence-corrected chi connectivity index (χ1v) is 10.4. The van der Waals surface area contributed by atoms with E-state index in [2.05, 4.69) is 6.92 Å². The summed E-state index contributed by atoms with van der Waals surface area (Å²) in [4.78, 5) is 16.1. The molecule has 7 nitrogen and oxygen atoms in total. The fraction of sp³-hybridized carbons (Fsp3) is 0.316. The van der Waals surface area contributed by atoms with Crippen molar-refractivity contribution in [2.45, 2.75) is 24.7 Å². The summed E-state index contributed by atoms with van der Waals surface area (Å²) in [6.45, 7) is 3.86. The van der Waals surface area contributed by atoms with Crippen molar-refractivity contribution in [3.05, 3.63) is 48.5 Å². The first-order chi connectivity index (χ1) is 12.9. The van der Waals surface area contributed by atoms with E-state index < -0.39 is 10.0 Å². The molecule has 1 aliphatic rings. The third-order valence-corrected chi connectivity index (χ3v) is 5.33. The van der Waals surface area contributed by atoms with Crippen LogP contribution in [0, 0.1) is 0 Å². The van der Waals surface area contributed by atoms with Crippen LogP contribution in [0.15, 0.2) is 53.4 Å². The van der Waals surface area contributed by atoms with E-state index in [4.69, 9.17) is 9.88 Å². The van der Waals surface area contributed by atoms with Crippen LogP contribution in [0.25, 0.3) is 0 Å². The van der Waals surface area contributed by atoms with Crippen molar-refractivity contribution in [2.24, 2.45) is 5.14 Å². The molecule has 0 aromatic heterocycles. The maximum Gasteiger partial charge on any atom is 0.329 e. The average molecular weight is 389 g/mol. The van der Waals surface area contributed by atoms with Crippen LogP contribution in [0.1, 0.15) is 19.8 Å². The van der Waals surface area contributed by atoms with Crippen molar-refractivity contribution in [3.8, 4) is 5.75 Å². The van der Waals surface area contributed by atoms with E-state index in [0.717, 1.165) is 24.3 Å². The molecule has 0 saturated carbocycles. The molecule has 0 radical (unpaired) electrons. The van der Waals surface area contributed by atoms with Crippen molar-refractivity contribution in [1.82, 2.24) is 0 Å². The molecule has 0 unspecified atom stereocenters. The standard InChI is InChI=1S/C19H23N3O4S/c1-2-3-14-26-17-8-4-15(5-9-17)21-12-13-22(19(21)23)16-6-10-18(11-7-16)27(20,24)25/h4-11H,2-3,12-14H2,1H3,(H2,20,24,25). The number of anilines is 2. The van der Waals surface area contributed by atoms with E-state index in [9.17, 15) is 13.2 Å². The minimum Gasteiger partial charge on any atom is -0.494 e. The lowest BCUT2D eigenvalue weighted by Crippen LogP contribution is -2.31. The summed E-state index contributed by atoms with van der Waals surface area (Å²) in [6, 6.07) is 13.3. The molecule has 0 atom stereocenters. The van der Waals surface area contributed by atoms with Gasteiger partial charge in [-0.3, -0.25) is 9.80 Å². The third kappa shape index (κ3) is 4.40. The summed E-state index contributed by atoms with van der Waals surface area (Å²) in [6.07, 6.45) is 2.08. The van der Waals surface area contributed by atoms with Crippen LogP contribution in [0.2, 0.25) is 0 Å². The number of sulfonamides is 1. The Balaban J connectivity index is 1.69. The van der Waals surface area contributed by atoms with Gasteiger partial charge in [-0.1, -0.05) is 13.3 Å². The SMILES string of the molecule is CCCCOc1ccc(N2CCN(c3ccc(S(N)(=O)=O)cc3)C2=O)cc1.